The Kier molecular flexibility index (Phi) is 5.08. The molecular weight excluding hydrogens is 408 g/mol. The van der Waals surface area contributed by atoms with Crippen LogP contribution in [0.3, 0.4) is 0 Å². The molecule has 0 fully saturated rings. The number of fused-ring (bicyclic) bond motifs is 1. The van der Waals surface area contributed by atoms with Crippen molar-refractivity contribution in [2.24, 2.45) is 0 Å². The Morgan fingerprint density at radius 1 is 0.774 bits per heavy atom. The van der Waals surface area contributed by atoms with E-state index in [1.807, 2.05) is 54.6 Å². The highest BCUT2D eigenvalue weighted by Gasteiger charge is 2.42. The number of nitrogens with zero attached hydrogens (tertiary/aromatic N) is 2. The van der Waals surface area contributed by atoms with E-state index in [4.69, 9.17) is 11.6 Å². The van der Waals surface area contributed by atoms with Crippen LogP contribution in [0.2, 0.25) is 5.02 Å². The molecule has 2 heterocycles. The maximum atomic E-state index is 13.6. The number of carbonyl (C=O) groups excluding carboxylic acids is 2. The molecule has 0 saturated carbocycles. The number of imide groups is 1. The maximum absolute atomic E-state index is 13.6. The van der Waals surface area contributed by atoms with Gasteiger partial charge in [0.05, 0.1) is 12.1 Å². The van der Waals surface area contributed by atoms with Crippen LogP contribution in [-0.2, 0) is 29.1 Å². The van der Waals surface area contributed by atoms with Gasteiger partial charge in [-0.25, -0.2) is 0 Å². The van der Waals surface area contributed by atoms with E-state index in [-0.39, 0.29) is 18.4 Å². The fourth-order valence-corrected chi connectivity index (χ4v) is 4.45. The Morgan fingerprint density at radius 3 is 2.19 bits per heavy atom. The Bertz CT molecular complexity index is 1190. The van der Waals surface area contributed by atoms with E-state index in [0.717, 1.165) is 17.5 Å². The van der Waals surface area contributed by atoms with Crippen molar-refractivity contribution in [1.29, 1.82) is 0 Å². The first kappa shape index (κ1) is 19.6. The van der Waals surface area contributed by atoms with Crippen LogP contribution in [0, 0.1) is 0 Å². The third kappa shape index (κ3) is 3.64. The quantitative estimate of drug-likeness (QED) is 0.566. The van der Waals surface area contributed by atoms with Crippen LogP contribution in [0.25, 0.3) is 5.57 Å². The minimum Gasteiger partial charge on any atom is -0.362 e. The molecule has 3 aromatic rings. The van der Waals surface area contributed by atoms with Gasteiger partial charge < -0.3 is 4.90 Å². The van der Waals surface area contributed by atoms with E-state index in [1.165, 1.54) is 16.0 Å². The lowest BCUT2D eigenvalue weighted by molar-refractivity contribution is -0.138. The zero-order valence-electron chi connectivity index (χ0n) is 16.9. The lowest BCUT2D eigenvalue weighted by atomic mass is 9.98. The molecule has 3 aromatic carbocycles. The summed E-state index contributed by atoms with van der Waals surface area (Å²) in [6.45, 7) is 1.55. The first-order valence-electron chi connectivity index (χ1n) is 10.3. The molecule has 5 heteroatoms. The van der Waals surface area contributed by atoms with Gasteiger partial charge in [0.25, 0.3) is 11.8 Å². The largest absolute Gasteiger partial charge is 0.362 e. The van der Waals surface area contributed by atoms with E-state index in [2.05, 4.69) is 17.0 Å². The van der Waals surface area contributed by atoms with Gasteiger partial charge in [-0.05, 0) is 40.8 Å². The first-order chi connectivity index (χ1) is 15.1. The number of carbonyl (C=O) groups is 2. The van der Waals surface area contributed by atoms with Crippen LogP contribution >= 0.6 is 11.6 Å². The lowest BCUT2D eigenvalue weighted by Gasteiger charge is -2.31. The average molecular weight is 429 g/mol. The van der Waals surface area contributed by atoms with E-state index in [0.29, 0.717) is 29.4 Å². The first-order valence-corrected chi connectivity index (χ1v) is 10.7. The standard InChI is InChI=1S/C26H21ClN2O2/c27-22-12-10-18(11-13-22)16-29-25(30)23(20-7-2-1-3-8-20)24(26(29)31)28-15-14-19-6-4-5-9-21(19)17-28/h1-13H,14-17H2. The molecule has 0 bridgehead atoms. The number of hydrogen-bond donors (Lipinski definition) is 0. The van der Waals surface area contributed by atoms with Crippen molar-refractivity contribution in [2.75, 3.05) is 6.54 Å². The Labute approximate surface area is 186 Å². The molecule has 2 amide bonds. The molecule has 5 rings (SSSR count). The van der Waals surface area contributed by atoms with E-state index in [9.17, 15) is 9.59 Å². The molecule has 0 spiro atoms. The molecular formula is C26H21ClN2O2. The summed E-state index contributed by atoms with van der Waals surface area (Å²) in [5.41, 5.74) is 5.12. The van der Waals surface area contributed by atoms with Gasteiger partial charge in [0.1, 0.15) is 5.70 Å². The SMILES string of the molecule is O=C1C(c2ccccc2)=C(N2CCc3ccccc3C2)C(=O)N1Cc1ccc(Cl)cc1. The normalized spacial score (nSPS) is 16.2. The fourth-order valence-electron chi connectivity index (χ4n) is 4.32. The third-order valence-electron chi connectivity index (χ3n) is 5.91. The molecule has 0 atom stereocenters. The Balaban J connectivity index is 1.53. The molecule has 2 aliphatic rings. The molecule has 2 aliphatic heterocycles. The summed E-state index contributed by atoms with van der Waals surface area (Å²) in [6.07, 6.45) is 0.848. The maximum Gasteiger partial charge on any atom is 0.278 e. The van der Waals surface area contributed by atoms with Crippen LogP contribution in [0.15, 0.2) is 84.6 Å². The van der Waals surface area contributed by atoms with Crippen LogP contribution < -0.4 is 0 Å². The fraction of sp³-hybridized carbons (Fsp3) is 0.154. The summed E-state index contributed by atoms with van der Waals surface area (Å²) in [5, 5.41) is 0.624. The highest BCUT2D eigenvalue weighted by Crippen LogP contribution is 2.35. The van der Waals surface area contributed by atoms with Gasteiger partial charge in [-0.15, -0.1) is 0 Å². The zero-order chi connectivity index (χ0) is 21.4. The Morgan fingerprint density at radius 2 is 1.45 bits per heavy atom. The van der Waals surface area contributed by atoms with Crippen LogP contribution in [0.1, 0.15) is 22.3 Å². The highest BCUT2D eigenvalue weighted by atomic mass is 35.5. The van der Waals surface area contributed by atoms with Gasteiger partial charge in [0, 0.05) is 18.1 Å². The van der Waals surface area contributed by atoms with Crippen LogP contribution in [-0.4, -0.2) is 28.2 Å². The van der Waals surface area contributed by atoms with Crippen LogP contribution in [0.4, 0.5) is 0 Å². The van der Waals surface area contributed by atoms with E-state index in [1.54, 1.807) is 12.1 Å². The van der Waals surface area contributed by atoms with Crippen molar-refractivity contribution < 1.29 is 9.59 Å². The van der Waals surface area contributed by atoms with Crippen molar-refractivity contribution >= 4 is 29.0 Å². The van der Waals surface area contributed by atoms with E-state index >= 15 is 0 Å². The zero-order valence-corrected chi connectivity index (χ0v) is 17.7. The topological polar surface area (TPSA) is 40.6 Å². The second-order valence-corrected chi connectivity index (χ2v) is 8.29. The van der Waals surface area contributed by atoms with Gasteiger partial charge in [-0.1, -0.05) is 78.3 Å². The summed E-state index contributed by atoms with van der Waals surface area (Å²) in [7, 11) is 0. The molecule has 4 nitrogen and oxygen atoms in total. The van der Waals surface area contributed by atoms with E-state index < -0.39 is 0 Å². The predicted molar refractivity (Wildman–Crippen MR) is 121 cm³/mol. The molecule has 154 valence electrons. The molecule has 0 saturated heterocycles. The molecule has 0 N–H and O–H groups in total. The molecule has 0 aromatic heterocycles. The Hall–Kier alpha value is -3.37. The summed E-state index contributed by atoms with van der Waals surface area (Å²) < 4.78 is 0. The van der Waals surface area contributed by atoms with Crippen molar-refractivity contribution in [3.63, 3.8) is 0 Å². The second kappa shape index (κ2) is 8.05. The summed E-state index contributed by atoms with van der Waals surface area (Å²) in [5.74, 6) is -0.488. The third-order valence-corrected chi connectivity index (χ3v) is 6.16. The van der Waals surface area contributed by atoms with Crippen molar-refractivity contribution in [1.82, 2.24) is 9.80 Å². The second-order valence-electron chi connectivity index (χ2n) is 7.85. The van der Waals surface area contributed by atoms with Crippen molar-refractivity contribution in [3.8, 4) is 0 Å². The average Bonchev–Trinajstić information content (AvgIpc) is 3.05. The van der Waals surface area contributed by atoms with Crippen LogP contribution in [0.5, 0.6) is 0 Å². The highest BCUT2D eigenvalue weighted by molar-refractivity contribution is 6.35. The molecule has 0 unspecified atom stereocenters. The summed E-state index contributed by atoms with van der Waals surface area (Å²) in [4.78, 5) is 30.5. The van der Waals surface area contributed by atoms with Gasteiger partial charge in [0.15, 0.2) is 0 Å². The molecule has 0 radical (unpaired) electrons. The van der Waals surface area contributed by atoms with Gasteiger partial charge in [-0.2, -0.15) is 0 Å². The van der Waals surface area contributed by atoms with Gasteiger partial charge in [0.2, 0.25) is 0 Å². The number of benzene rings is 3. The summed E-state index contributed by atoms with van der Waals surface area (Å²) >= 11 is 5.99. The number of rotatable bonds is 4. The summed E-state index contributed by atoms with van der Waals surface area (Å²) in [6, 6.07) is 25.0. The number of amides is 2. The minimum absolute atomic E-state index is 0.221. The lowest BCUT2D eigenvalue weighted by Crippen LogP contribution is -2.37. The number of hydrogen-bond acceptors (Lipinski definition) is 3. The monoisotopic (exact) mass is 428 g/mol. The van der Waals surface area contributed by atoms with Gasteiger partial charge in [-0.3, -0.25) is 14.5 Å². The minimum atomic E-state index is -0.250. The molecule has 0 aliphatic carbocycles. The van der Waals surface area contributed by atoms with Crippen molar-refractivity contribution in [2.45, 2.75) is 19.5 Å². The molecule has 31 heavy (non-hydrogen) atoms. The predicted octanol–water partition coefficient (Wildman–Crippen LogP) is 4.68. The smallest absolute Gasteiger partial charge is 0.278 e. The number of halogens is 1. The van der Waals surface area contributed by atoms with Gasteiger partial charge >= 0.3 is 0 Å². The van der Waals surface area contributed by atoms with Crippen molar-refractivity contribution in [3.05, 3.63) is 112 Å².